The Balaban J connectivity index is 0.000000684. The van der Waals surface area contributed by atoms with Crippen LogP contribution in [0.5, 0.6) is 0 Å². The topological polar surface area (TPSA) is 233 Å². The highest BCUT2D eigenvalue weighted by Crippen LogP contribution is 2.26. The first kappa shape index (κ1) is 102. The van der Waals surface area contributed by atoms with Gasteiger partial charge in [0.25, 0.3) is 0 Å². The fourth-order valence-corrected chi connectivity index (χ4v) is 14.3. The van der Waals surface area contributed by atoms with Crippen LogP contribution in [-0.2, 0) is 71.6 Å². The molecule has 0 N–H and O–H groups in total. The lowest BCUT2D eigenvalue weighted by molar-refractivity contribution is -0.149. The fourth-order valence-electron chi connectivity index (χ4n) is 14.3. The van der Waals surface area contributed by atoms with Crippen LogP contribution in [0.3, 0.4) is 0 Å². The normalized spacial score (nSPS) is 18.1. The molecular formula is C89H163N5O15. The van der Waals surface area contributed by atoms with E-state index in [-0.39, 0.29) is 89.0 Å². The number of likely N-dealkylation sites (tertiary alicyclic amines) is 5. The van der Waals surface area contributed by atoms with Gasteiger partial charge in [-0.15, -0.1) is 0 Å². The van der Waals surface area contributed by atoms with Crippen LogP contribution in [0.2, 0.25) is 0 Å². The lowest BCUT2D eigenvalue weighted by atomic mass is 10.1. The number of unbranched alkanes of at least 4 members (excludes halogenated alkanes) is 34. The first-order valence-corrected chi connectivity index (χ1v) is 45.2. The van der Waals surface area contributed by atoms with Gasteiger partial charge in [0.05, 0.1) is 62.6 Å². The van der Waals surface area contributed by atoms with Gasteiger partial charge in [0.15, 0.2) is 0 Å². The Labute approximate surface area is 664 Å². The maximum Gasteiger partial charge on any atom is 0.311 e. The Hall–Kier alpha value is -5.30. The fraction of sp³-hybridized carbons (Fsp3) is 0.888. The number of hydrogen-bond acceptors (Lipinski definition) is 15. The van der Waals surface area contributed by atoms with E-state index in [2.05, 4.69) is 62.3 Å². The standard InChI is InChI=1S/C21H39NO3.C20H37NO3.C18H33NO3.C16H29NO3.C14H25NO3/c1-3-5-7-9-10-11-12-13-15-22-18-19(17-20(22)23)21(24)25-16-14-8-6-4-2;1-3-5-7-9-10-11-12-14-21-17-18(16-19(21)22)20(23)24-15-13-8-6-4-2;1-3-5-7-9-10-12-19-15-16(14-17(19)20)18(21)22-13-11-8-6-4-2;1-3-5-7-9-11-20-16(19)14-12-15(18)17(13-14)10-8-6-4-2;1-3-5-6-7-9-18-14(17)12-10-13(16)15(11-12)8-4-2/h19H,3-18H2,1-2H3;18H,3-17H2,1-2H3;16H,3-15H2,1-2H3;14H,3-13H2,1-2H3;12H,3-11H2,1-2H3. The number of ether oxygens (including phenoxy) is 5. The van der Waals surface area contributed by atoms with Crippen LogP contribution in [0.15, 0.2) is 0 Å². The minimum Gasteiger partial charge on any atom is -0.465 e. The van der Waals surface area contributed by atoms with Gasteiger partial charge in [0.1, 0.15) is 0 Å². The van der Waals surface area contributed by atoms with Crippen LogP contribution in [0.25, 0.3) is 0 Å². The Morgan fingerprint density at radius 3 is 0.541 bits per heavy atom. The number of amides is 5. The molecule has 0 aromatic carbocycles. The molecule has 634 valence electrons. The number of esters is 5. The van der Waals surface area contributed by atoms with Crippen LogP contribution in [0, 0.1) is 29.6 Å². The zero-order chi connectivity index (χ0) is 80.3. The number of carbonyl (C=O) groups is 10. The molecule has 0 saturated carbocycles. The summed E-state index contributed by atoms with van der Waals surface area (Å²) >= 11 is 0. The number of carbonyl (C=O) groups excluding carboxylic acids is 10. The molecular weight excluding hydrogens is 1380 g/mol. The van der Waals surface area contributed by atoms with Gasteiger partial charge < -0.3 is 48.2 Å². The molecule has 5 aliphatic rings. The van der Waals surface area contributed by atoms with E-state index in [1.54, 1.807) is 4.90 Å². The molecule has 5 amide bonds. The van der Waals surface area contributed by atoms with Crippen molar-refractivity contribution in [2.75, 3.05) is 98.5 Å². The van der Waals surface area contributed by atoms with Crippen molar-refractivity contribution < 1.29 is 71.6 Å². The zero-order valence-corrected chi connectivity index (χ0v) is 71.5. The van der Waals surface area contributed by atoms with E-state index in [9.17, 15) is 47.9 Å². The number of nitrogens with zero attached hydrogens (tertiary/aromatic N) is 5. The molecule has 0 aromatic rings. The highest BCUT2D eigenvalue weighted by Gasteiger charge is 2.39. The van der Waals surface area contributed by atoms with Gasteiger partial charge in [0.2, 0.25) is 29.5 Å². The summed E-state index contributed by atoms with van der Waals surface area (Å²) in [7, 11) is 0. The maximum absolute atomic E-state index is 12.1. The smallest absolute Gasteiger partial charge is 0.311 e. The van der Waals surface area contributed by atoms with E-state index < -0.39 is 0 Å². The summed E-state index contributed by atoms with van der Waals surface area (Å²) in [5.41, 5.74) is 0. The van der Waals surface area contributed by atoms with E-state index in [1.165, 1.54) is 173 Å². The van der Waals surface area contributed by atoms with Crippen molar-refractivity contribution in [2.24, 2.45) is 29.6 Å². The molecule has 109 heavy (non-hydrogen) atoms. The van der Waals surface area contributed by atoms with E-state index in [0.29, 0.717) is 97.9 Å². The van der Waals surface area contributed by atoms with Crippen molar-refractivity contribution in [3.8, 4) is 0 Å². The summed E-state index contributed by atoms with van der Waals surface area (Å²) in [6.07, 6.45) is 52.7. The summed E-state index contributed by atoms with van der Waals surface area (Å²) in [6.45, 7) is 30.8. The lowest BCUT2D eigenvalue weighted by Crippen LogP contribution is -2.27. The van der Waals surface area contributed by atoms with Crippen molar-refractivity contribution in [1.29, 1.82) is 0 Å². The molecule has 5 fully saturated rings. The average Bonchev–Trinajstić information content (AvgIpc) is 1.76. The predicted octanol–water partition coefficient (Wildman–Crippen LogP) is 19.3. The van der Waals surface area contributed by atoms with Gasteiger partial charge in [-0.05, 0) is 64.2 Å². The summed E-state index contributed by atoms with van der Waals surface area (Å²) in [5, 5.41) is 0. The highest BCUT2D eigenvalue weighted by atomic mass is 16.5. The minimum absolute atomic E-state index is 0.0878. The number of hydrogen-bond donors (Lipinski definition) is 0. The molecule has 0 bridgehead atoms. The third kappa shape index (κ3) is 50.4. The molecule has 0 aromatic heterocycles. The van der Waals surface area contributed by atoms with E-state index in [1.807, 2.05) is 26.5 Å². The minimum atomic E-state index is -0.243. The van der Waals surface area contributed by atoms with Crippen LogP contribution >= 0.6 is 0 Å². The second-order valence-corrected chi connectivity index (χ2v) is 31.6. The van der Waals surface area contributed by atoms with Crippen LogP contribution in [0.1, 0.15) is 384 Å². The Morgan fingerprint density at radius 1 is 0.211 bits per heavy atom. The first-order valence-electron chi connectivity index (χ1n) is 45.2. The van der Waals surface area contributed by atoms with E-state index in [4.69, 9.17) is 23.7 Å². The average molecular weight is 1540 g/mol. The van der Waals surface area contributed by atoms with Gasteiger partial charge in [-0.1, -0.05) is 288 Å². The van der Waals surface area contributed by atoms with Crippen LogP contribution in [-0.4, -0.2) is 182 Å². The molecule has 0 aliphatic carbocycles. The zero-order valence-electron chi connectivity index (χ0n) is 71.5. The van der Waals surface area contributed by atoms with Crippen molar-refractivity contribution >= 4 is 59.4 Å². The van der Waals surface area contributed by atoms with Crippen molar-refractivity contribution in [1.82, 2.24) is 24.5 Å². The van der Waals surface area contributed by atoms with Crippen molar-refractivity contribution in [3.63, 3.8) is 0 Å². The number of rotatable bonds is 59. The molecule has 5 unspecified atom stereocenters. The SMILES string of the molecule is CCCCCCCCCCN1CC(C(=O)OCCCCCC)CC1=O.CCCCCCCCCN1CC(C(=O)OCCCCCC)CC1=O.CCCCCCCN1CC(C(=O)OCCCCCC)CC1=O.CCCCCCOC(=O)C1CC(=O)N(CCC)C1.CCCCCCOC(=O)C1CC(=O)N(CCCCC)C1. The highest BCUT2D eigenvalue weighted by molar-refractivity contribution is 5.89. The second kappa shape index (κ2) is 69.4. The molecule has 20 heteroatoms. The van der Waals surface area contributed by atoms with E-state index in [0.717, 1.165) is 142 Å². The Morgan fingerprint density at radius 2 is 0.358 bits per heavy atom. The molecule has 5 atom stereocenters. The third-order valence-electron chi connectivity index (χ3n) is 21.3. The quantitative estimate of drug-likeness (QED) is 0.0313. The molecule has 0 spiro atoms. The van der Waals surface area contributed by atoms with Crippen LogP contribution < -0.4 is 0 Å². The molecule has 0 radical (unpaired) electrons. The third-order valence-corrected chi connectivity index (χ3v) is 21.3. The second-order valence-electron chi connectivity index (χ2n) is 31.6. The van der Waals surface area contributed by atoms with Gasteiger partial charge in [-0.25, -0.2) is 0 Å². The van der Waals surface area contributed by atoms with Gasteiger partial charge in [0, 0.05) is 97.6 Å². The summed E-state index contributed by atoms with van der Waals surface area (Å²) in [4.78, 5) is 128. The summed E-state index contributed by atoms with van der Waals surface area (Å²) in [6, 6.07) is 0. The van der Waals surface area contributed by atoms with E-state index >= 15 is 0 Å². The van der Waals surface area contributed by atoms with Crippen LogP contribution in [0.4, 0.5) is 0 Å². The summed E-state index contributed by atoms with van der Waals surface area (Å²) in [5.74, 6) is -1.58. The van der Waals surface area contributed by atoms with Crippen molar-refractivity contribution in [3.05, 3.63) is 0 Å². The molecule has 5 saturated heterocycles. The molecule has 5 aliphatic heterocycles. The molecule has 5 heterocycles. The Kier molecular flexibility index (Phi) is 64.8. The van der Waals surface area contributed by atoms with Gasteiger partial charge in [-0.3, -0.25) is 47.9 Å². The largest absolute Gasteiger partial charge is 0.465 e. The first-order chi connectivity index (χ1) is 52.9. The Bertz CT molecular complexity index is 2380. The predicted molar refractivity (Wildman–Crippen MR) is 438 cm³/mol. The summed E-state index contributed by atoms with van der Waals surface area (Å²) < 4.78 is 26.5. The lowest BCUT2D eigenvalue weighted by Gasteiger charge is -2.16. The van der Waals surface area contributed by atoms with Gasteiger partial charge in [-0.2, -0.15) is 0 Å². The van der Waals surface area contributed by atoms with Gasteiger partial charge >= 0.3 is 29.8 Å². The maximum atomic E-state index is 12.1. The monoisotopic (exact) mass is 1540 g/mol. The molecule has 20 nitrogen and oxygen atoms in total. The van der Waals surface area contributed by atoms with Crippen molar-refractivity contribution in [2.45, 2.75) is 384 Å². The molecule has 5 rings (SSSR count).